The zero-order chi connectivity index (χ0) is 23.0. The van der Waals surface area contributed by atoms with Gasteiger partial charge in [-0.1, -0.05) is 43.3 Å². The Morgan fingerprint density at radius 3 is 2.67 bits per heavy atom. The highest BCUT2D eigenvalue weighted by atomic mass is 32.1. The summed E-state index contributed by atoms with van der Waals surface area (Å²) < 4.78 is 0. The van der Waals surface area contributed by atoms with Gasteiger partial charge in [0.1, 0.15) is 5.54 Å². The average Bonchev–Trinajstić information content (AvgIpc) is 3.57. The van der Waals surface area contributed by atoms with Crippen LogP contribution in [0.25, 0.3) is 0 Å². The van der Waals surface area contributed by atoms with E-state index in [1.54, 1.807) is 22.7 Å². The predicted molar refractivity (Wildman–Crippen MR) is 128 cm³/mol. The van der Waals surface area contributed by atoms with Crippen molar-refractivity contribution in [2.75, 3.05) is 13.1 Å². The molecule has 0 radical (unpaired) electrons. The van der Waals surface area contributed by atoms with E-state index < -0.39 is 23.4 Å². The number of carbonyl (C=O) groups is 3. The first-order valence-electron chi connectivity index (χ1n) is 10.9. The number of benzene rings is 1. The summed E-state index contributed by atoms with van der Waals surface area (Å²) in [6, 6.07) is 14.7. The zero-order valence-electron chi connectivity index (χ0n) is 18.1. The lowest BCUT2D eigenvalue weighted by atomic mass is 9.87. The van der Waals surface area contributed by atoms with Gasteiger partial charge in [0.15, 0.2) is 0 Å². The van der Waals surface area contributed by atoms with Crippen LogP contribution in [-0.4, -0.2) is 40.8 Å². The Balaban J connectivity index is 1.34. The lowest BCUT2D eigenvalue weighted by Gasteiger charge is -2.35. The van der Waals surface area contributed by atoms with Crippen LogP contribution in [0.2, 0.25) is 0 Å². The minimum Gasteiger partial charge on any atom is -0.318 e. The molecule has 2 aliphatic rings. The second-order valence-corrected chi connectivity index (χ2v) is 10.1. The highest BCUT2D eigenvalue weighted by Gasteiger charge is 2.52. The number of carbonyl (C=O) groups excluding carboxylic acids is 3. The Hall–Kier alpha value is -3.01. The van der Waals surface area contributed by atoms with Gasteiger partial charge in [0.2, 0.25) is 0 Å². The number of amides is 4. The zero-order valence-corrected chi connectivity index (χ0v) is 19.7. The first-order chi connectivity index (χ1) is 16.0. The number of nitrogens with one attached hydrogen (secondary N) is 2. The largest absolute Gasteiger partial charge is 0.344 e. The highest BCUT2D eigenvalue weighted by Crippen LogP contribution is 2.39. The van der Waals surface area contributed by atoms with Crippen molar-refractivity contribution in [2.24, 2.45) is 0 Å². The van der Waals surface area contributed by atoms with Gasteiger partial charge in [0.05, 0.1) is 12.6 Å². The Labute approximate surface area is 200 Å². The lowest BCUT2D eigenvalue weighted by Crippen LogP contribution is -2.52. The van der Waals surface area contributed by atoms with E-state index in [4.69, 9.17) is 0 Å². The number of hydrazine groups is 1. The molecule has 0 aliphatic carbocycles. The van der Waals surface area contributed by atoms with Crippen LogP contribution in [0.1, 0.15) is 40.3 Å². The maximum atomic E-state index is 13.3. The molecule has 9 heteroatoms. The molecule has 0 unspecified atom stereocenters. The summed E-state index contributed by atoms with van der Waals surface area (Å²) in [7, 11) is 0. The van der Waals surface area contributed by atoms with Crippen molar-refractivity contribution in [3.63, 3.8) is 0 Å². The maximum Gasteiger partial charge on any atom is 0.344 e. The molecule has 2 aliphatic heterocycles. The summed E-state index contributed by atoms with van der Waals surface area (Å²) >= 11 is 3.41. The van der Waals surface area contributed by atoms with Gasteiger partial charge in [-0.05, 0) is 46.9 Å². The third-order valence-corrected chi connectivity index (χ3v) is 8.27. The molecule has 7 nitrogen and oxygen atoms in total. The Morgan fingerprint density at radius 1 is 1.12 bits per heavy atom. The summed E-state index contributed by atoms with van der Waals surface area (Å²) in [6.07, 6.45) is 1.25. The number of imide groups is 1. The summed E-state index contributed by atoms with van der Waals surface area (Å²) in [4.78, 5) is 43.7. The van der Waals surface area contributed by atoms with E-state index in [1.165, 1.54) is 15.3 Å². The maximum absolute atomic E-state index is 13.3. The van der Waals surface area contributed by atoms with E-state index in [2.05, 4.69) is 33.2 Å². The summed E-state index contributed by atoms with van der Waals surface area (Å²) in [6.45, 7) is 2.65. The van der Waals surface area contributed by atoms with Gasteiger partial charge in [-0.2, -0.15) is 5.01 Å². The van der Waals surface area contributed by atoms with E-state index in [0.29, 0.717) is 12.0 Å². The van der Waals surface area contributed by atoms with E-state index in [1.807, 2.05) is 48.7 Å². The van der Waals surface area contributed by atoms with E-state index >= 15 is 0 Å². The average molecular weight is 481 g/mol. The third kappa shape index (κ3) is 3.76. The summed E-state index contributed by atoms with van der Waals surface area (Å²) in [5.41, 5.74) is 3.31. The van der Waals surface area contributed by atoms with Crippen molar-refractivity contribution in [3.8, 4) is 0 Å². The van der Waals surface area contributed by atoms with Crippen LogP contribution < -0.4 is 10.7 Å². The Morgan fingerprint density at radius 2 is 1.94 bits per heavy atom. The minimum atomic E-state index is -1.18. The van der Waals surface area contributed by atoms with Gasteiger partial charge >= 0.3 is 6.03 Å². The molecule has 2 N–H and O–H groups in total. The van der Waals surface area contributed by atoms with Crippen molar-refractivity contribution in [1.82, 2.24) is 20.7 Å². The first-order valence-corrected chi connectivity index (χ1v) is 12.6. The molecule has 0 spiro atoms. The molecule has 170 valence electrons. The van der Waals surface area contributed by atoms with E-state index in [-0.39, 0.29) is 12.6 Å². The standard InChI is InChI=1S/C24H24N4O3S2/c1-2-24(16-7-4-3-5-8-16)22(30)28(23(31)25-24)26-20(29)15-27-12-10-18-17(11-14-33-18)21(27)19-9-6-13-32-19/h3-9,11,13-14,21H,2,10,12,15H2,1H3,(H,25,31)(H,26,29)/t21-,24-/m0/s1. The molecule has 33 heavy (non-hydrogen) atoms. The lowest BCUT2D eigenvalue weighted by molar-refractivity contribution is -0.140. The number of fused-ring (bicyclic) bond motifs is 1. The minimum absolute atomic E-state index is 0.00657. The molecule has 2 aromatic heterocycles. The number of urea groups is 1. The fraction of sp³-hybridized carbons (Fsp3) is 0.292. The smallest absolute Gasteiger partial charge is 0.318 e. The molecule has 1 aromatic carbocycles. The number of hydrogen-bond acceptors (Lipinski definition) is 6. The van der Waals surface area contributed by atoms with Crippen LogP contribution in [0.3, 0.4) is 0 Å². The quantitative estimate of drug-likeness (QED) is 0.528. The van der Waals surface area contributed by atoms with Crippen molar-refractivity contribution < 1.29 is 14.4 Å². The summed E-state index contributed by atoms with van der Waals surface area (Å²) in [5.74, 6) is -0.859. The van der Waals surface area contributed by atoms with Crippen molar-refractivity contribution in [2.45, 2.75) is 31.3 Å². The van der Waals surface area contributed by atoms with E-state index in [0.717, 1.165) is 18.0 Å². The van der Waals surface area contributed by atoms with Crippen LogP contribution in [0.4, 0.5) is 4.79 Å². The normalized spacial score (nSPS) is 22.8. The molecule has 4 amide bonds. The van der Waals surface area contributed by atoms with Gasteiger partial charge in [-0.15, -0.1) is 22.7 Å². The molecule has 1 saturated heterocycles. The van der Waals surface area contributed by atoms with Crippen molar-refractivity contribution in [3.05, 3.63) is 80.2 Å². The number of hydrogen-bond donors (Lipinski definition) is 2. The second-order valence-electron chi connectivity index (χ2n) is 8.17. The molecule has 4 heterocycles. The molecule has 1 fully saturated rings. The molecular formula is C24H24N4O3S2. The molecular weight excluding hydrogens is 456 g/mol. The van der Waals surface area contributed by atoms with E-state index in [9.17, 15) is 14.4 Å². The topological polar surface area (TPSA) is 81.8 Å². The fourth-order valence-electron chi connectivity index (χ4n) is 4.70. The molecule has 0 saturated carbocycles. The van der Waals surface area contributed by atoms with Gasteiger partial charge < -0.3 is 5.32 Å². The van der Waals surface area contributed by atoms with Crippen LogP contribution in [0.5, 0.6) is 0 Å². The van der Waals surface area contributed by atoms with Crippen LogP contribution in [-0.2, 0) is 21.5 Å². The van der Waals surface area contributed by atoms with Gasteiger partial charge in [-0.25, -0.2) is 4.79 Å². The monoisotopic (exact) mass is 480 g/mol. The number of nitrogens with zero attached hydrogens (tertiary/aromatic N) is 2. The Kier molecular flexibility index (Phi) is 5.77. The number of rotatable bonds is 6. The predicted octanol–water partition coefficient (Wildman–Crippen LogP) is 3.65. The van der Waals surface area contributed by atoms with Gasteiger partial charge in [0, 0.05) is 16.3 Å². The first kappa shape index (κ1) is 21.8. The third-order valence-electron chi connectivity index (χ3n) is 6.35. The van der Waals surface area contributed by atoms with Gasteiger partial charge in [0.25, 0.3) is 11.8 Å². The van der Waals surface area contributed by atoms with Crippen molar-refractivity contribution in [1.29, 1.82) is 0 Å². The molecule has 0 bridgehead atoms. The van der Waals surface area contributed by atoms with Gasteiger partial charge in [-0.3, -0.25) is 19.9 Å². The molecule has 5 rings (SSSR count). The molecule has 3 aromatic rings. The van der Waals surface area contributed by atoms with Crippen LogP contribution in [0, 0.1) is 0 Å². The Bertz CT molecular complexity index is 1180. The summed E-state index contributed by atoms with van der Waals surface area (Å²) in [5, 5.41) is 7.76. The second kappa shape index (κ2) is 8.74. The van der Waals surface area contributed by atoms with Crippen molar-refractivity contribution >= 4 is 40.5 Å². The van der Waals surface area contributed by atoms with Crippen LogP contribution >= 0.6 is 22.7 Å². The SMILES string of the molecule is CC[C@@]1(c2ccccc2)NC(=O)N(NC(=O)CN2CCc3sccc3[C@H]2c2cccs2)C1=O. The van der Waals surface area contributed by atoms with Crippen LogP contribution in [0.15, 0.2) is 59.3 Å². The number of thiophene rings is 2. The molecule has 2 atom stereocenters. The fourth-order valence-corrected chi connectivity index (χ4v) is 6.48. The highest BCUT2D eigenvalue weighted by molar-refractivity contribution is 7.10.